The lowest BCUT2D eigenvalue weighted by molar-refractivity contribution is -0.387. The Morgan fingerprint density at radius 1 is 0.929 bits per heavy atom. The normalized spacial score (nSPS) is 12.0. The molecule has 0 aromatic heterocycles. The van der Waals surface area contributed by atoms with Crippen LogP contribution in [0.15, 0.2) is 30.3 Å². The van der Waals surface area contributed by atoms with Crippen LogP contribution in [0.5, 0.6) is 0 Å². The molecule has 0 saturated carbocycles. The molecule has 1 N–H and O–H groups in total. The number of alkyl halides is 6. The van der Waals surface area contributed by atoms with E-state index in [1.165, 1.54) is 5.32 Å². The lowest BCUT2D eigenvalue weighted by atomic mass is 10.1. The highest BCUT2D eigenvalue weighted by Gasteiger charge is 2.37. The zero-order valence-corrected chi connectivity index (χ0v) is 13.1. The quantitative estimate of drug-likeness (QED) is 0.428. The van der Waals surface area contributed by atoms with E-state index in [1.807, 2.05) is 0 Å². The van der Waals surface area contributed by atoms with E-state index in [4.69, 9.17) is 0 Å². The lowest BCUT2D eigenvalue weighted by Gasteiger charge is -2.15. The maximum absolute atomic E-state index is 14.0. The third-order valence-electron chi connectivity index (χ3n) is 3.34. The molecule has 0 aliphatic heterocycles. The minimum absolute atomic E-state index is 0.111. The fraction of sp³-hybridized carbons (Fsp3) is 0.133. The van der Waals surface area contributed by atoms with Gasteiger partial charge in [0.05, 0.1) is 16.1 Å². The summed E-state index contributed by atoms with van der Waals surface area (Å²) >= 11 is 0. The van der Waals surface area contributed by atoms with Gasteiger partial charge in [-0.3, -0.25) is 14.9 Å². The third kappa shape index (κ3) is 4.35. The van der Waals surface area contributed by atoms with Crippen molar-refractivity contribution in [2.24, 2.45) is 0 Å². The van der Waals surface area contributed by atoms with E-state index in [1.54, 1.807) is 0 Å². The molecule has 5 nitrogen and oxygen atoms in total. The Labute approximate surface area is 149 Å². The highest BCUT2D eigenvalue weighted by atomic mass is 19.4. The number of halogens is 8. The molecular weight excluding hydrogens is 408 g/mol. The Morgan fingerprint density at radius 3 is 1.86 bits per heavy atom. The van der Waals surface area contributed by atoms with Crippen LogP contribution in [0.2, 0.25) is 0 Å². The number of carbonyl (C=O) groups excluding carboxylic acids is 1. The van der Waals surface area contributed by atoms with Crippen LogP contribution in [-0.2, 0) is 12.4 Å². The van der Waals surface area contributed by atoms with Crippen LogP contribution in [0.1, 0.15) is 21.5 Å². The summed E-state index contributed by atoms with van der Waals surface area (Å²) in [5.41, 5.74) is -7.49. The van der Waals surface area contributed by atoms with E-state index in [-0.39, 0.29) is 18.2 Å². The molecule has 0 aliphatic rings. The summed E-state index contributed by atoms with van der Waals surface area (Å²) in [6.45, 7) is 0. The molecule has 0 fully saturated rings. The minimum atomic E-state index is -5.22. The van der Waals surface area contributed by atoms with Crippen molar-refractivity contribution in [2.75, 3.05) is 5.32 Å². The van der Waals surface area contributed by atoms with Gasteiger partial charge in [0.25, 0.3) is 5.91 Å². The van der Waals surface area contributed by atoms with Crippen LogP contribution in [0.3, 0.4) is 0 Å². The molecule has 1 amide bonds. The third-order valence-corrected chi connectivity index (χ3v) is 3.34. The molecular formula is C15H6F8N2O3. The number of nitro benzene ring substituents is 1. The molecule has 28 heavy (non-hydrogen) atoms. The molecule has 0 radical (unpaired) electrons. The Morgan fingerprint density at radius 2 is 1.43 bits per heavy atom. The highest BCUT2D eigenvalue weighted by molar-refractivity contribution is 6.05. The molecule has 0 bridgehead atoms. The maximum atomic E-state index is 14.0. The van der Waals surface area contributed by atoms with Gasteiger partial charge in [-0.25, -0.2) is 4.39 Å². The smallest absolute Gasteiger partial charge is 0.322 e. The minimum Gasteiger partial charge on any atom is -0.322 e. The van der Waals surface area contributed by atoms with Crippen molar-refractivity contribution in [3.8, 4) is 0 Å². The highest BCUT2D eigenvalue weighted by Crippen LogP contribution is 2.37. The fourth-order valence-corrected chi connectivity index (χ4v) is 2.11. The monoisotopic (exact) mass is 414 g/mol. The number of nitro groups is 1. The largest absolute Gasteiger partial charge is 0.416 e. The van der Waals surface area contributed by atoms with E-state index in [2.05, 4.69) is 0 Å². The van der Waals surface area contributed by atoms with Crippen LogP contribution < -0.4 is 5.32 Å². The summed E-state index contributed by atoms with van der Waals surface area (Å²) in [5, 5.41) is 12.1. The zero-order chi connectivity index (χ0) is 21.4. The second-order valence-electron chi connectivity index (χ2n) is 5.26. The molecule has 0 aliphatic carbocycles. The summed E-state index contributed by atoms with van der Waals surface area (Å²) in [4.78, 5) is 21.3. The molecule has 2 rings (SSSR count). The molecule has 2 aromatic rings. The first-order valence-electron chi connectivity index (χ1n) is 6.95. The maximum Gasteiger partial charge on any atom is 0.416 e. The van der Waals surface area contributed by atoms with Crippen molar-refractivity contribution < 1.29 is 44.8 Å². The Balaban J connectivity index is 2.53. The number of anilines is 1. The van der Waals surface area contributed by atoms with Gasteiger partial charge < -0.3 is 5.32 Å². The number of hydrogen-bond donors (Lipinski definition) is 1. The summed E-state index contributed by atoms with van der Waals surface area (Å²) in [6.07, 6.45) is -10.4. The molecule has 0 heterocycles. The Hall–Kier alpha value is -3.25. The van der Waals surface area contributed by atoms with Gasteiger partial charge in [-0.15, -0.1) is 0 Å². The van der Waals surface area contributed by atoms with Gasteiger partial charge in [-0.1, -0.05) is 0 Å². The number of hydrogen-bond acceptors (Lipinski definition) is 3. The molecule has 0 unspecified atom stereocenters. The van der Waals surface area contributed by atoms with Crippen LogP contribution in [-0.4, -0.2) is 10.8 Å². The van der Waals surface area contributed by atoms with Crippen molar-refractivity contribution in [3.63, 3.8) is 0 Å². The van der Waals surface area contributed by atoms with Crippen LogP contribution in [0.4, 0.5) is 46.5 Å². The van der Waals surface area contributed by atoms with Gasteiger partial charge in [0.15, 0.2) is 0 Å². The average Bonchev–Trinajstić information content (AvgIpc) is 2.52. The van der Waals surface area contributed by atoms with E-state index in [9.17, 15) is 50.0 Å². The Kier molecular flexibility index (Phi) is 5.30. The first kappa shape index (κ1) is 21.1. The summed E-state index contributed by atoms with van der Waals surface area (Å²) in [7, 11) is 0. The molecule has 2 aromatic carbocycles. The molecule has 13 heteroatoms. The number of nitrogens with one attached hydrogen (secondary N) is 1. The Bertz CT molecular complexity index is 921. The second kappa shape index (κ2) is 7.05. The van der Waals surface area contributed by atoms with Crippen LogP contribution >= 0.6 is 0 Å². The number of amides is 1. The van der Waals surface area contributed by atoms with Gasteiger partial charge in [0.2, 0.25) is 5.82 Å². The number of benzene rings is 2. The van der Waals surface area contributed by atoms with E-state index in [0.717, 1.165) is 0 Å². The van der Waals surface area contributed by atoms with Gasteiger partial charge in [-0.2, -0.15) is 30.7 Å². The van der Waals surface area contributed by atoms with Crippen LogP contribution in [0, 0.1) is 21.7 Å². The predicted molar refractivity (Wildman–Crippen MR) is 77.4 cm³/mol. The molecule has 150 valence electrons. The SMILES string of the molecule is O=C(Nc1cc(C(F)(F)F)cc(C(F)(F)F)c1)c1c(F)ccc([N+](=O)[O-])c1F. The van der Waals surface area contributed by atoms with E-state index in [0.29, 0.717) is 12.1 Å². The van der Waals surface area contributed by atoms with Crippen molar-refractivity contribution in [3.05, 3.63) is 68.8 Å². The summed E-state index contributed by atoms with van der Waals surface area (Å²) < 4.78 is 104. The summed E-state index contributed by atoms with van der Waals surface area (Å²) in [6, 6.07) is 0.752. The first-order chi connectivity index (χ1) is 12.7. The van der Waals surface area contributed by atoms with Gasteiger partial charge in [-0.05, 0) is 24.3 Å². The van der Waals surface area contributed by atoms with Crippen molar-refractivity contribution in [1.29, 1.82) is 0 Å². The zero-order valence-electron chi connectivity index (χ0n) is 13.1. The van der Waals surface area contributed by atoms with Crippen molar-refractivity contribution in [2.45, 2.75) is 12.4 Å². The van der Waals surface area contributed by atoms with E-state index >= 15 is 0 Å². The standard InChI is InChI=1S/C15H6F8N2O3/c16-9-1-2-10(25(27)28)12(17)11(9)13(26)24-8-4-6(14(18,19)20)3-7(5-8)15(21,22)23/h1-5H,(H,24,26). The van der Waals surface area contributed by atoms with Crippen LogP contribution in [0.25, 0.3) is 0 Å². The molecule has 0 saturated heterocycles. The number of nitrogens with zero attached hydrogens (tertiary/aromatic N) is 1. The van der Waals surface area contributed by atoms with Gasteiger partial charge in [0.1, 0.15) is 11.4 Å². The van der Waals surface area contributed by atoms with E-state index < -0.39 is 62.9 Å². The number of rotatable bonds is 3. The molecule has 0 spiro atoms. The van der Waals surface area contributed by atoms with Gasteiger partial charge in [0, 0.05) is 11.8 Å². The topological polar surface area (TPSA) is 72.2 Å². The predicted octanol–water partition coefficient (Wildman–Crippen LogP) is 5.16. The number of carbonyl (C=O) groups is 1. The van der Waals surface area contributed by atoms with Crippen molar-refractivity contribution in [1.82, 2.24) is 0 Å². The fourth-order valence-electron chi connectivity index (χ4n) is 2.11. The van der Waals surface area contributed by atoms with Gasteiger partial charge >= 0.3 is 18.0 Å². The first-order valence-corrected chi connectivity index (χ1v) is 6.95. The lowest BCUT2D eigenvalue weighted by Crippen LogP contribution is -2.18. The summed E-state index contributed by atoms with van der Waals surface area (Å²) in [5.74, 6) is -5.36. The van der Waals surface area contributed by atoms with Crippen molar-refractivity contribution >= 4 is 17.3 Å². The molecule has 0 atom stereocenters. The second-order valence-corrected chi connectivity index (χ2v) is 5.26. The average molecular weight is 414 g/mol.